The zero-order valence-electron chi connectivity index (χ0n) is 13.1. The predicted octanol–water partition coefficient (Wildman–Crippen LogP) is 2.46. The summed E-state index contributed by atoms with van der Waals surface area (Å²) >= 11 is 0. The van der Waals surface area contributed by atoms with Gasteiger partial charge >= 0.3 is 0 Å². The van der Waals surface area contributed by atoms with E-state index in [1.807, 2.05) is 0 Å². The van der Waals surface area contributed by atoms with Gasteiger partial charge in [0.05, 0.1) is 12.2 Å². The SMILES string of the molecule is C=C1[C@@H]2CCC3[C@]45CC(=O)[C@H](C[C@@H](O)C4)C5CC[C@]3(C2)[C@H]1O. The van der Waals surface area contributed by atoms with Crippen molar-refractivity contribution >= 4 is 5.78 Å². The largest absolute Gasteiger partial charge is 0.393 e. The summed E-state index contributed by atoms with van der Waals surface area (Å²) in [5, 5.41) is 21.3. The van der Waals surface area contributed by atoms with Gasteiger partial charge in [0.1, 0.15) is 5.78 Å². The Kier molecular flexibility index (Phi) is 2.53. The molecule has 0 aromatic carbocycles. The third-order valence-corrected chi connectivity index (χ3v) is 8.44. The molecule has 0 amide bonds. The van der Waals surface area contributed by atoms with E-state index >= 15 is 0 Å². The molecular weight excluding hydrogens is 276 g/mol. The van der Waals surface area contributed by atoms with Gasteiger partial charge in [-0.2, -0.15) is 0 Å². The summed E-state index contributed by atoms with van der Waals surface area (Å²) in [5.74, 6) is 1.86. The van der Waals surface area contributed by atoms with Crippen LogP contribution in [0.5, 0.6) is 0 Å². The van der Waals surface area contributed by atoms with Gasteiger partial charge in [-0.15, -0.1) is 0 Å². The Labute approximate surface area is 131 Å². The van der Waals surface area contributed by atoms with Gasteiger partial charge in [-0.3, -0.25) is 4.79 Å². The molecule has 2 unspecified atom stereocenters. The van der Waals surface area contributed by atoms with E-state index in [1.165, 1.54) is 0 Å². The van der Waals surface area contributed by atoms with Crippen LogP contribution in [0, 0.1) is 34.5 Å². The van der Waals surface area contributed by atoms with E-state index in [9.17, 15) is 15.0 Å². The van der Waals surface area contributed by atoms with Gasteiger partial charge in [-0.05, 0) is 73.7 Å². The van der Waals surface area contributed by atoms with E-state index in [0.717, 1.165) is 44.1 Å². The topological polar surface area (TPSA) is 57.5 Å². The van der Waals surface area contributed by atoms with Crippen molar-refractivity contribution in [1.82, 2.24) is 0 Å². The molecule has 0 saturated heterocycles. The maximum Gasteiger partial charge on any atom is 0.136 e. The van der Waals surface area contributed by atoms with E-state index in [-0.39, 0.29) is 29.0 Å². The molecule has 8 atom stereocenters. The highest BCUT2D eigenvalue weighted by molar-refractivity contribution is 5.85. The molecule has 120 valence electrons. The van der Waals surface area contributed by atoms with Crippen LogP contribution < -0.4 is 0 Å². The number of carbonyl (C=O) groups is 1. The van der Waals surface area contributed by atoms with Crippen molar-refractivity contribution in [2.75, 3.05) is 0 Å². The van der Waals surface area contributed by atoms with Crippen molar-refractivity contribution < 1.29 is 15.0 Å². The first-order valence-corrected chi connectivity index (χ1v) is 9.05. The highest BCUT2D eigenvalue weighted by atomic mass is 16.3. The van der Waals surface area contributed by atoms with Gasteiger partial charge in [0.15, 0.2) is 0 Å². The molecule has 0 aromatic heterocycles. The van der Waals surface area contributed by atoms with Crippen LogP contribution in [0.25, 0.3) is 0 Å². The maximum atomic E-state index is 12.6. The Hall–Kier alpha value is -0.670. The molecule has 3 nitrogen and oxygen atoms in total. The highest BCUT2D eigenvalue weighted by Crippen LogP contribution is 2.73. The Bertz CT molecular complexity index is 569. The molecule has 3 heteroatoms. The quantitative estimate of drug-likeness (QED) is 0.676. The van der Waals surface area contributed by atoms with Gasteiger partial charge in [0, 0.05) is 17.8 Å². The molecule has 2 N–H and O–H groups in total. The molecule has 0 aliphatic heterocycles. The van der Waals surface area contributed by atoms with Crippen LogP contribution in [-0.2, 0) is 4.79 Å². The second-order valence-corrected chi connectivity index (χ2v) is 8.96. The van der Waals surface area contributed by atoms with E-state index in [0.29, 0.717) is 36.4 Å². The van der Waals surface area contributed by atoms with Crippen molar-refractivity contribution in [3.63, 3.8) is 0 Å². The fourth-order valence-electron chi connectivity index (χ4n) is 7.83. The van der Waals surface area contributed by atoms with Gasteiger partial charge in [-0.25, -0.2) is 0 Å². The first-order valence-electron chi connectivity index (χ1n) is 9.05. The zero-order valence-corrected chi connectivity index (χ0v) is 13.1. The van der Waals surface area contributed by atoms with Crippen LogP contribution in [0.15, 0.2) is 12.2 Å². The summed E-state index contributed by atoms with van der Waals surface area (Å²) in [4.78, 5) is 12.6. The smallest absolute Gasteiger partial charge is 0.136 e. The fraction of sp³-hybridized carbons (Fsp3) is 0.842. The molecule has 0 radical (unpaired) electrons. The lowest BCUT2D eigenvalue weighted by molar-refractivity contribution is -0.155. The summed E-state index contributed by atoms with van der Waals surface area (Å²) in [5.41, 5.74) is 0.992. The first-order chi connectivity index (χ1) is 10.5. The van der Waals surface area contributed by atoms with E-state index in [4.69, 9.17) is 0 Å². The molecular formula is C19H26O3. The van der Waals surface area contributed by atoms with Crippen LogP contribution in [-0.4, -0.2) is 28.2 Å². The van der Waals surface area contributed by atoms with Gasteiger partial charge in [-0.1, -0.05) is 6.58 Å². The molecule has 4 bridgehead atoms. The van der Waals surface area contributed by atoms with Crippen LogP contribution >= 0.6 is 0 Å². The summed E-state index contributed by atoms with van der Waals surface area (Å²) in [6.45, 7) is 4.19. The first kappa shape index (κ1) is 13.7. The van der Waals surface area contributed by atoms with Gasteiger partial charge in [0.2, 0.25) is 0 Å². The molecule has 0 heterocycles. The number of Topliss-reactive ketones (excluding diaryl/α,β-unsaturated/α-hetero) is 1. The standard InChI is InChI=1S/C19H26O3/c1-10-11-2-3-16-18(7-11,17(10)22)5-4-14-13-6-12(20)8-19(14,16)9-15(13)21/h11-14,16-17,20,22H,1-9H2/t11-,12-,13-,14?,16?,17+,18-,19+/m1/s1. The maximum absolute atomic E-state index is 12.6. The lowest BCUT2D eigenvalue weighted by Gasteiger charge is -2.60. The second kappa shape index (κ2) is 4.05. The minimum Gasteiger partial charge on any atom is -0.393 e. The molecule has 5 aliphatic carbocycles. The fourth-order valence-corrected chi connectivity index (χ4v) is 7.83. The lowest BCUT2D eigenvalue weighted by Crippen LogP contribution is -2.56. The summed E-state index contributed by atoms with van der Waals surface area (Å²) in [7, 11) is 0. The van der Waals surface area contributed by atoms with E-state index < -0.39 is 0 Å². The average Bonchev–Trinajstić information content (AvgIpc) is 2.78. The third kappa shape index (κ3) is 1.35. The minimum atomic E-state index is -0.381. The van der Waals surface area contributed by atoms with Crippen LogP contribution in [0.1, 0.15) is 51.4 Å². The molecule has 5 saturated carbocycles. The predicted molar refractivity (Wildman–Crippen MR) is 81.9 cm³/mol. The zero-order chi connectivity index (χ0) is 15.3. The Morgan fingerprint density at radius 1 is 1.09 bits per heavy atom. The number of aliphatic hydroxyl groups excluding tert-OH is 2. The van der Waals surface area contributed by atoms with Crippen molar-refractivity contribution in [1.29, 1.82) is 0 Å². The van der Waals surface area contributed by atoms with E-state index in [2.05, 4.69) is 6.58 Å². The summed E-state index contributed by atoms with van der Waals surface area (Å²) < 4.78 is 0. The minimum absolute atomic E-state index is 0.0196. The van der Waals surface area contributed by atoms with Crippen LogP contribution in [0.3, 0.4) is 0 Å². The molecule has 5 fully saturated rings. The second-order valence-electron chi connectivity index (χ2n) is 8.96. The normalized spacial score (nSPS) is 59.4. The molecule has 5 aliphatic rings. The lowest BCUT2D eigenvalue weighted by atomic mass is 9.44. The van der Waals surface area contributed by atoms with Gasteiger partial charge < -0.3 is 10.2 Å². The van der Waals surface area contributed by atoms with Crippen molar-refractivity contribution in [3.05, 3.63) is 12.2 Å². The number of carbonyl (C=O) groups excluding carboxylic acids is 1. The molecule has 0 aromatic rings. The van der Waals surface area contributed by atoms with E-state index in [1.54, 1.807) is 0 Å². The molecule has 22 heavy (non-hydrogen) atoms. The number of fused-ring (bicyclic) bond motifs is 1. The summed E-state index contributed by atoms with van der Waals surface area (Å²) in [6, 6.07) is 0. The Morgan fingerprint density at radius 3 is 2.73 bits per heavy atom. The van der Waals surface area contributed by atoms with Crippen molar-refractivity contribution in [2.45, 2.75) is 63.6 Å². The number of ketones is 1. The molecule has 1 spiro atoms. The number of aliphatic hydroxyl groups is 2. The number of hydrogen-bond donors (Lipinski definition) is 2. The average molecular weight is 302 g/mol. The third-order valence-electron chi connectivity index (χ3n) is 8.44. The Balaban J connectivity index is 1.64. The molecule has 5 rings (SSSR count). The highest BCUT2D eigenvalue weighted by Gasteiger charge is 2.70. The Morgan fingerprint density at radius 2 is 1.91 bits per heavy atom. The van der Waals surface area contributed by atoms with Gasteiger partial charge in [0.25, 0.3) is 0 Å². The van der Waals surface area contributed by atoms with Crippen molar-refractivity contribution in [2.24, 2.45) is 34.5 Å². The number of hydrogen-bond acceptors (Lipinski definition) is 3. The van der Waals surface area contributed by atoms with Crippen LogP contribution in [0.4, 0.5) is 0 Å². The number of rotatable bonds is 0. The monoisotopic (exact) mass is 302 g/mol. The van der Waals surface area contributed by atoms with Crippen LogP contribution in [0.2, 0.25) is 0 Å². The van der Waals surface area contributed by atoms with Crippen molar-refractivity contribution in [3.8, 4) is 0 Å². The summed E-state index contributed by atoms with van der Waals surface area (Å²) in [6.07, 6.45) is 6.86.